The highest BCUT2D eigenvalue weighted by atomic mass is 14.8. The smallest absolute Gasteiger partial charge is 0.0208 e. The molecule has 14 heavy (non-hydrogen) atoms. The zero-order chi connectivity index (χ0) is 10.4. The summed E-state index contributed by atoms with van der Waals surface area (Å²) in [5.41, 5.74) is 4.09. The fraction of sp³-hybridized carbons (Fsp3) is 0.385. The molecule has 0 atom stereocenters. The van der Waals surface area contributed by atoms with Gasteiger partial charge in [-0.25, -0.2) is 0 Å². The first kappa shape index (κ1) is 11.0. The number of benzene rings is 1. The summed E-state index contributed by atoms with van der Waals surface area (Å²) in [5, 5.41) is 3.40. The highest BCUT2D eigenvalue weighted by Crippen LogP contribution is 2.09. The van der Waals surface area contributed by atoms with Gasteiger partial charge in [0.2, 0.25) is 0 Å². The summed E-state index contributed by atoms with van der Waals surface area (Å²) in [7, 11) is 0. The van der Waals surface area contributed by atoms with Crippen molar-refractivity contribution in [2.45, 2.75) is 26.8 Å². The predicted octanol–water partition coefficient (Wildman–Crippen LogP) is 2.97. The van der Waals surface area contributed by atoms with E-state index in [1.165, 1.54) is 16.7 Å². The Bertz CT molecular complexity index is 302. The molecule has 0 radical (unpaired) electrons. The van der Waals surface area contributed by atoms with Gasteiger partial charge in [-0.15, -0.1) is 6.58 Å². The van der Waals surface area contributed by atoms with Gasteiger partial charge in [0.25, 0.3) is 0 Å². The van der Waals surface area contributed by atoms with Gasteiger partial charge in [-0.05, 0) is 37.9 Å². The molecular formula is C13H19N. The van der Waals surface area contributed by atoms with Gasteiger partial charge in [0.05, 0.1) is 0 Å². The van der Waals surface area contributed by atoms with Crippen LogP contribution in [0.25, 0.3) is 0 Å². The maximum Gasteiger partial charge on any atom is 0.0208 e. The Kier molecular flexibility index (Phi) is 4.41. The molecule has 0 aliphatic carbocycles. The average molecular weight is 189 g/mol. The van der Waals surface area contributed by atoms with Crippen molar-refractivity contribution in [3.8, 4) is 0 Å². The lowest BCUT2D eigenvalue weighted by atomic mass is 10.1. The number of nitrogens with one attached hydrogen (secondary N) is 1. The minimum absolute atomic E-state index is 0.960. The third-order valence-electron chi connectivity index (χ3n) is 2.35. The van der Waals surface area contributed by atoms with Gasteiger partial charge in [-0.2, -0.15) is 0 Å². The average Bonchev–Trinajstić information content (AvgIpc) is 2.18. The lowest BCUT2D eigenvalue weighted by Crippen LogP contribution is -2.14. The predicted molar refractivity (Wildman–Crippen MR) is 62.4 cm³/mol. The monoisotopic (exact) mass is 189 g/mol. The van der Waals surface area contributed by atoms with Crippen LogP contribution in [-0.4, -0.2) is 6.54 Å². The minimum Gasteiger partial charge on any atom is -0.312 e. The van der Waals surface area contributed by atoms with E-state index in [-0.39, 0.29) is 0 Å². The molecule has 1 N–H and O–H groups in total. The van der Waals surface area contributed by atoms with Crippen LogP contribution in [0.1, 0.15) is 23.1 Å². The molecule has 0 aromatic heterocycles. The van der Waals surface area contributed by atoms with Gasteiger partial charge in [-0.3, -0.25) is 0 Å². The van der Waals surface area contributed by atoms with Gasteiger partial charge in [0.1, 0.15) is 0 Å². The summed E-state index contributed by atoms with van der Waals surface area (Å²) in [6.07, 6.45) is 2.97. The molecule has 0 unspecified atom stereocenters. The summed E-state index contributed by atoms with van der Waals surface area (Å²) in [6, 6.07) is 6.58. The second kappa shape index (κ2) is 5.61. The topological polar surface area (TPSA) is 12.0 Å². The molecule has 0 fully saturated rings. The van der Waals surface area contributed by atoms with Gasteiger partial charge < -0.3 is 5.32 Å². The van der Waals surface area contributed by atoms with Gasteiger partial charge in [0, 0.05) is 6.54 Å². The van der Waals surface area contributed by atoms with Crippen molar-refractivity contribution in [1.82, 2.24) is 5.32 Å². The highest BCUT2D eigenvalue weighted by molar-refractivity contribution is 5.30. The minimum atomic E-state index is 0.960. The maximum atomic E-state index is 3.70. The maximum absolute atomic E-state index is 3.70. The molecule has 0 saturated heterocycles. The van der Waals surface area contributed by atoms with E-state index in [9.17, 15) is 0 Å². The fourth-order valence-corrected chi connectivity index (χ4v) is 1.42. The molecule has 0 bridgehead atoms. The zero-order valence-electron chi connectivity index (χ0n) is 9.14. The van der Waals surface area contributed by atoms with Gasteiger partial charge >= 0.3 is 0 Å². The second-order valence-corrected chi connectivity index (χ2v) is 3.68. The Balaban J connectivity index is 2.49. The van der Waals surface area contributed by atoms with E-state index >= 15 is 0 Å². The summed E-state index contributed by atoms with van der Waals surface area (Å²) in [4.78, 5) is 0. The van der Waals surface area contributed by atoms with Gasteiger partial charge in [-0.1, -0.05) is 29.8 Å². The van der Waals surface area contributed by atoms with Crippen molar-refractivity contribution in [1.29, 1.82) is 0 Å². The first-order valence-corrected chi connectivity index (χ1v) is 5.12. The molecular weight excluding hydrogens is 170 g/mol. The Morgan fingerprint density at radius 1 is 1.36 bits per heavy atom. The largest absolute Gasteiger partial charge is 0.312 e. The van der Waals surface area contributed by atoms with Crippen molar-refractivity contribution in [3.63, 3.8) is 0 Å². The third-order valence-corrected chi connectivity index (χ3v) is 2.35. The van der Waals surface area contributed by atoms with E-state index in [4.69, 9.17) is 0 Å². The molecule has 0 saturated carbocycles. The normalized spacial score (nSPS) is 10.1. The molecule has 1 heteroatoms. The van der Waals surface area contributed by atoms with E-state index in [2.05, 4.69) is 43.9 Å². The Labute approximate surface area is 86.8 Å². The van der Waals surface area contributed by atoms with E-state index in [0.29, 0.717) is 0 Å². The third kappa shape index (κ3) is 3.35. The van der Waals surface area contributed by atoms with Crippen molar-refractivity contribution in [3.05, 3.63) is 47.5 Å². The lowest BCUT2D eigenvalue weighted by molar-refractivity contribution is 0.693. The summed E-state index contributed by atoms with van der Waals surface area (Å²) >= 11 is 0. The molecule has 1 aromatic carbocycles. The molecule has 1 rings (SSSR count). The van der Waals surface area contributed by atoms with Crippen LogP contribution in [0.4, 0.5) is 0 Å². The SMILES string of the molecule is C=CCCNCc1cc(C)ccc1C. The van der Waals surface area contributed by atoms with Crippen molar-refractivity contribution in [2.75, 3.05) is 6.54 Å². The van der Waals surface area contributed by atoms with Crippen LogP contribution in [0.15, 0.2) is 30.9 Å². The van der Waals surface area contributed by atoms with Crippen LogP contribution < -0.4 is 5.32 Å². The molecule has 0 aliphatic rings. The Morgan fingerprint density at radius 3 is 2.86 bits per heavy atom. The van der Waals surface area contributed by atoms with E-state index < -0.39 is 0 Å². The van der Waals surface area contributed by atoms with E-state index in [1.807, 2.05) is 6.08 Å². The van der Waals surface area contributed by atoms with Crippen molar-refractivity contribution in [2.24, 2.45) is 0 Å². The quantitative estimate of drug-likeness (QED) is 0.554. The van der Waals surface area contributed by atoms with Crippen LogP contribution in [-0.2, 0) is 6.54 Å². The van der Waals surface area contributed by atoms with Crippen LogP contribution in [0.2, 0.25) is 0 Å². The molecule has 0 amide bonds. The first-order valence-electron chi connectivity index (χ1n) is 5.12. The summed E-state index contributed by atoms with van der Waals surface area (Å²) in [5.74, 6) is 0. The van der Waals surface area contributed by atoms with Crippen LogP contribution in [0, 0.1) is 13.8 Å². The molecule has 0 spiro atoms. The van der Waals surface area contributed by atoms with E-state index in [0.717, 1.165) is 19.5 Å². The molecule has 0 heterocycles. The van der Waals surface area contributed by atoms with Crippen molar-refractivity contribution >= 4 is 0 Å². The molecule has 76 valence electrons. The van der Waals surface area contributed by atoms with Crippen LogP contribution >= 0.6 is 0 Å². The van der Waals surface area contributed by atoms with Crippen molar-refractivity contribution < 1.29 is 0 Å². The molecule has 0 aliphatic heterocycles. The summed E-state index contributed by atoms with van der Waals surface area (Å²) in [6.45, 7) is 9.96. The second-order valence-electron chi connectivity index (χ2n) is 3.68. The number of aryl methyl sites for hydroxylation is 2. The van der Waals surface area contributed by atoms with E-state index in [1.54, 1.807) is 0 Å². The molecule has 1 aromatic rings. The van der Waals surface area contributed by atoms with Crippen LogP contribution in [0.5, 0.6) is 0 Å². The molecule has 1 nitrogen and oxygen atoms in total. The number of rotatable bonds is 5. The zero-order valence-corrected chi connectivity index (χ0v) is 9.14. The van der Waals surface area contributed by atoms with Gasteiger partial charge in [0.15, 0.2) is 0 Å². The summed E-state index contributed by atoms with van der Waals surface area (Å²) < 4.78 is 0. The fourth-order valence-electron chi connectivity index (χ4n) is 1.42. The first-order chi connectivity index (χ1) is 6.74. The standard InChI is InChI=1S/C13H19N/c1-4-5-8-14-10-13-9-11(2)6-7-12(13)3/h4,6-7,9,14H,1,5,8,10H2,2-3H3. The number of hydrogen-bond donors (Lipinski definition) is 1. The lowest BCUT2D eigenvalue weighted by Gasteiger charge is -2.07. The Morgan fingerprint density at radius 2 is 2.14 bits per heavy atom. The van der Waals surface area contributed by atoms with Crippen LogP contribution in [0.3, 0.4) is 0 Å². The number of hydrogen-bond acceptors (Lipinski definition) is 1. The Hall–Kier alpha value is -1.08. The highest BCUT2D eigenvalue weighted by Gasteiger charge is 1.97.